The predicted octanol–water partition coefficient (Wildman–Crippen LogP) is 4.17. The van der Waals surface area contributed by atoms with Gasteiger partial charge in [0.15, 0.2) is 18.6 Å². The molecule has 0 bridgehead atoms. The van der Waals surface area contributed by atoms with Crippen LogP contribution in [-0.4, -0.2) is 30.1 Å². The van der Waals surface area contributed by atoms with E-state index in [4.69, 9.17) is 11.6 Å². The number of sulfone groups is 1. The van der Waals surface area contributed by atoms with E-state index in [2.05, 4.69) is 4.98 Å². The van der Waals surface area contributed by atoms with E-state index in [9.17, 15) is 26.8 Å². The molecule has 0 spiro atoms. The first-order valence-corrected chi connectivity index (χ1v) is 9.93. The molecule has 0 N–H and O–H groups in total. The highest BCUT2D eigenvalue weighted by molar-refractivity contribution is 7.93. The number of aromatic nitrogens is 1. The summed E-state index contributed by atoms with van der Waals surface area (Å²) in [6.45, 7) is 0.0168. The lowest BCUT2D eigenvalue weighted by Gasteiger charge is -2.03. The Bertz CT molecular complexity index is 937. The van der Waals surface area contributed by atoms with E-state index in [1.165, 1.54) is 6.20 Å². The molecule has 2 aromatic rings. The Hall–Kier alpha value is -1.91. The van der Waals surface area contributed by atoms with E-state index >= 15 is 0 Å². The molecule has 1 heterocycles. The minimum Gasteiger partial charge on any atom is -0.624 e. The number of allylic oxidation sites excluding steroid dienone is 1. The average Bonchev–Trinajstić information content (AvgIpc) is 3.04. The fourth-order valence-corrected chi connectivity index (χ4v) is 4.43. The van der Waals surface area contributed by atoms with E-state index in [1.54, 1.807) is 24.3 Å². The van der Waals surface area contributed by atoms with Crippen LogP contribution in [0.1, 0.15) is 16.9 Å². The summed E-state index contributed by atoms with van der Waals surface area (Å²) in [5, 5.41) is 12.5. The molecule has 0 radical (unpaired) electrons. The molecule has 0 aliphatic carbocycles. The zero-order valence-corrected chi connectivity index (χ0v) is 15.4. The number of hydrogen-bond acceptors (Lipinski definition) is 5. The molecule has 140 valence electrons. The third-order valence-corrected chi connectivity index (χ3v) is 6.46. The topological polar surface area (TPSA) is 73.1 Å². The Labute approximate surface area is 156 Å². The van der Waals surface area contributed by atoms with Crippen LogP contribution in [0.15, 0.2) is 46.7 Å². The summed E-state index contributed by atoms with van der Waals surface area (Å²) in [6, 6.07) is 6.62. The van der Waals surface area contributed by atoms with Gasteiger partial charge < -0.3 is 5.21 Å². The summed E-state index contributed by atoms with van der Waals surface area (Å²) in [7, 11) is -4.02. The quantitative estimate of drug-likeness (QED) is 0.289. The van der Waals surface area contributed by atoms with E-state index in [1.807, 2.05) is 0 Å². The maximum absolute atomic E-state index is 12.8. The number of hydrogen-bond donors (Lipinski definition) is 0. The molecule has 0 atom stereocenters. The molecular formula is C15H12ClF3N2O3S2. The van der Waals surface area contributed by atoms with Gasteiger partial charge in [-0.05, 0) is 12.1 Å². The van der Waals surface area contributed by atoms with Gasteiger partial charge in [-0.1, -0.05) is 35.1 Å². The lowest BCUT2D eigenvalue weighted by molar-refractivity contribution is -0.469. The molecule has 0 unspecified atom stereocenters. The summed E-state index contributed by atoms with van der Waals surface area (Å²) in [4.78, 5) is 3.94. The number of nitrogens with zero attached hydrogens (tertiary/aromatic N) is 2. The van der Waals surface area contributed by atoms with Crippen molar-refractivity contribution < 1.29 is 26.3 Å². The molecular weight excluding hydrogens is 413 g/mol. The van der Waals surface area contributed by atoms with Gasteiger partial charge in [0.05, 0.1) is 11.9 Å². The Morgan fingerprint density at radius 3 is 2.54 bits per heavy atom. The molecule has 0 amide bonds. The standard InChI is InChI=1S/C15H12ClF3N2O3S2/c16-11-3-1-10(2-4-11)8-21(22)9-12-7-20-15(25-12)26(23,24)6-5-13(17)14(18)19/h1-4,7,9H,5-6,8H2/b21-9-. The number of halogens is 4. The largest absolute Gasteiger partial charge is 0.624 e. The molecule has 1 aromatic heterocycles. The normalized spacial score (nSPS) is 12.2. The molecule has 11 heteroatoms. The number of benzene rings is 1. The van der Waals surface area contributed by atoms with Gasteiger partial charge in [-0.2, -0.15) is 8.78 Å². The predicted molar refractivity (Wildman–Crippen MR) is 93.1 cm³/mol. The van der Waals surface area contributed by atoms with Crippen LogP contribution in [0.25, 0.3) is 0 Å². The van der Waals surface area contributed by atoms with Crippen LogP contribution in [0.3, 0.4) is 0 Å². The van der Waals surface area contributed by atoms with Crippen LogP contribution in [0.4, 0.5) is 13.2 Å². The highest BCUT2D eigenvalue weighted by atomic mass is 35.5. The van der Waals surface area contributed by atoms with Gasteiger partial charge in [0.25, 0.3) is 0 Å². The van der Waals surface area contributed by atoms with Crippen molar-refractivity contribution in [3.63, 3.8) is 0 Å². The van der Waals surface area contributed by atoms with Gasteiger partial charge in [-0.25, -0.2) is 22.5 Å². The summed E-state index contributed by atoms with van der Waals surface area (Å²) in [5.74, 6) is -2.61. The van der Waals surface area contributed by atoms with Gasteiger partial charge in [0, 0.05) is 17.0 Å². The van der Waals surface area contributed by atoms with Crippen LogP contribution in [0.5, 0.6) is 0 Å². The second kappa shape index (κ2) is 8.65. The summed E-state index contributed by atoms with van der Waals surface area (Å²) >= 11 is 6.45. The first kappa shape index (κ1) is 20.4. The van der Waals surface area contributed by atoms with E-state index in [-0.39, 0.29) is 15.8 Å². The zero-order valence-electron chi connectivity index (χ0n) is 13.0. The Kier molecular flexibility index (Phi) is 6.79. The van der Waals surface area contributed by atoms with Gasteiger partial charge >= 0.3 is 6.08 Å². The summed E-state index contributed by atoms with van der Waals surface area (Å²) in [6.07, 6.45) is -1.15. The van der Waals surface area contributed by atoms with Gasteiger partial charge in [-0.3, -0.25) is 0 Å². The van der Waals surface area contributed by atoms with Gasteiger partial charge in [0.2, 0.25) is 14.2 Å². The van der Waals surface area contributed by atoms with Crippen molar-refractivity contribution in [2.45, 2.75) is 17.3 Å². The van der Waals surface area contributed by atoms with Crippen LogP contribution >= 0.6 is 22.9 Å². The van der Waals surface area contributed by atoms with Crippen molar-refractivity contribution in [3.05, 3.63) is 63.0 Å². The summed E-state index contributed by atoms with van der Waals surface area (Å²) < 4.78 is 60.9. The van der Waals surface area contributed by atoms with Crippen molar-refractivity contribution >= 4 is 39.0 Å². The number of rotatable bonds is 7. The maximum atomic E-state index is 12.8. The number of thiazole rings is 1. The smallest absolute Gasteiger partial charge is 0.301 e. The number of hydroxylamine groups is 1. The van der Waals surface area contributed by atoms with Crippen molar-refractivity contribution in [2.75, 3.05) is 5.75 Å². The molecule has 0 aliphatic rings. The van der Waals surface area contributed by atoms with Gasteiger partial charge in [0.1, 0.15) is 4.88 Å². The molecule has 26 heavy (non-hydrogen) atoms. The lowest BCUT2D eigenvalue weighted by Crippen LogP contribution is -2.06. The second-order valence-electron chi connectivity index (χ2n) is 5.09. The third kappa shape index (κ3) is 5.82. The SMILES string of the molecule is O=S(=O)(CCC(F)=C(F)F)c1ncc(/C=[N+](\[O-])Cc2ccc(Cl)cc2)s1. The minimum absolute atomic E-state index is 0.0168. The summed E-state index contributed by atoms with van der Waals surface area (Å²) in [5.41, 5.74) is 0.702. The molecule has 2 rings (SSSR count). The van der Waals surface area contributed by atoms with E-state index in [0.29, 0.717) is 26.7 Å². The van der Waals surface area contributed by atoms with Crippen molar-refractivity contribution in [2.24, 2.45) is 0 Å². The second-order valence-corrected chi connectivity index (χ2v) is 8.88. The highest BCUT2D eigenvalue weighted by Crippen LogP contribution is 2.21. The first-order valence-electron chi connectivity index (χ1n) is 7.08. The maximum Gasteiger partial charge on any atom is 0.301 e. The zero-order chi connectivity index (χ0) is 19.3. The Morgan fingerprint density at radius 1 is 1.27 bits per heavy atom. The van der Waals surface area contributed by atoms with Crippen molar-refractivity contribution in [3.8, 4) is 0 Å². The van der Waals surface area contributed by atoms with Crippen LogP contribution in [-0.2, 0) is 16.4 Å². The molecule has 0 fully saturated rings. The fourth-order valence-electron chi connectivity index (χ4n) is 1.84. The lowest BCUT2D eigenvalue weighted by atomic mass is 10.2. The van der Waals surface area contributed by atoms with E-state index < -0.39 is 33.9 Å². The van der Waals surface area contributed by atoms with Crippen LogP contribution in [0, 0.1) is 5.21 Å². The van der Waals surface area contributed by atoms with Crippen molar-refractivity contribution in [1.29, 1.82) is 0 Å². The monoisotopic (exact) mass is 424 g/mol. The average molecular weight is 425 g/mol. The fraction of sp³-hybridized carbons (Fsp3) is 0.200. The Morgan fingerprint density at radius 2 is 1.92 bits per heavy atom. The van der Waals surface area contributed by atoms with Gasteiger partial charge in [-0.15, -0.1) is 0 Å². The minimum atomic E-state index is -4.02. The highest BCUT2D eigenvalue weighted by Gasteiger charge is 2.21. The van der Waals surface area contributed by atoms with Crippen molar-refractivity contribution in [1.82, 2.24) is 4.98 Å². The van der Waals surface area contributed by atoms with Crippen LogP contribution < -0.4 is 0 Å². The third-order valence-electron chi connectivity index (χ3n) is 3.09. The first-order chi connectivity index (χ1) is 12.2. The van der Waals surface area contributed by atoms with E-state index in [0.717, 1.165) is 6.21 Å². The molecule has 1 aromatic carbocycles. The molecule has 0 saturated heterocycles. The molecule has 0 aliphatic heterocycles. The van der Waals surface area contributed by atoms with Crippen LogP contribution in [0.2, 0.25) is 5.02 Å². The Balaban J connectivity index is 2.08. The molecule has 0 saturated carbocycles. The molecule has 5 nitrogen and oxygen atoms in total.